The molecule has 10 heteroatoms. The highest BCUT2D eigenvalue weighted by Crippen LogP contribution is 2.30. The van der Waals surface area contributed by atoms with E-state index >= 15 is 0 Å². The summed E-state index contributed by atoms with van der Waals surface area (Å²) in [5, 5.41) is 4.62. The molecule has 1 saturated heterocycles. The van der Waals surface area contributed by atoms with Crippen LogP contribution in [0.25, 0.3) is 5.69 Å². The first-order valence-electron chi connectivity index (χ1n) is 12.3. The predicted molar refractivity (Wildman–Crippen MR) is 140 cm³/mol. The van der Waals surface area contributed by atoms with Crippen molar-refractivity contribution < 1.29 is 18.7 Å². The second-order valence-corrected chi connectivity index (χ2v) is 16.1. The molecule has 4 heterocycles. The fraction of sp³-hybridized carbons (Fsp3) is 0.423. The molecule has 1 atom stereocenters. The fourth-order valence-electron chi connectivity index (χ4n) is 4.31. The molecule has 8 nitrogen and oxygen atoms in total. The first-order chi connectivity index (χ1) is 17.3. The van der Waals surface area contributed by atoms with Crippen molar-refractivity contribution in [1.82, 2.24) is 14.8 Å². The molecule has 1 aromatic carbocycles. The third kappa shape index (κ3) is 5.44. The molecule has 0 bridgehead atoms. The molecule has 1 fully saturated rings. The molecular weight excluding hydrogens is 477 g/mol. The van der Waals surface area contributed by atoms with Crippen molar-refractivity contribution in [2.45, 2.75) is 44.8 Å². The topological polar surface area (TPSA) is 72.7 Å². The van der Waals surface area contributed by atoms with Gasteiger partial charge in [-0.3, -0.25) is 4.79 Å². The van der Waals surface area contributed by atoms with Gasteiger partial charge in [0.15, 0.2) is 6.79 Å². The summed E-state index contributed by atoms with van der Waals surface area (Å²) in [5.41, 5.74) is 2.85. The van der Waals surface area contributed by atoms with Crippen LogP contribution in [0.5, 0.6) is 5.75 Å². The molecule has 36 heavy (non-hydrogen) atoms. The number of nitrogens with zero attached hydrogens (tertiary/aromatic N) is 5. The van der Waals surface area contributed by atoms with Crippen LogP contribution in [-0.4, -0.2) is 61.4 Å². The average molecular weight is 510 g/mol. The smallest absolute Gasteiger partial charge is 0.262 e. The van der Waals surface area contributed by atoms with Gasteiger partial charge in [0, 0.05) is 33.1 Å². The number of hydrogen-bond acceptors (Lipinski definition) is 6. The van der Waals surface area contributed by atoms with Crippen LogP contribution in [0.3, 0.4) is 0 Å². The van der Waals surface area contributed by atoms with E-state index in [-0.39, 0.29) is 12.7 Å². The third-order valence-electron chi connectivity index (χ3n) is 6.48. The number of anilines is 2. The molecule has 0 spiro atoms. The first kappa shape index (κ1) is 24.5. The monoisotopic (exact) mass is 509 g/mol. The van der Waals surface area contributed by atoms with Gasteiger partial charge in [-0.2, -0.15) is 5.10 Å². The zero-order valence-corrected chi connectivity index (χ0v) is 22.0. The molecular formula is C26H32FN5O3Si. The number of amides is 1. The van der Waals surface area contributed by atoms with Gasteiger partial charge >= 0.3 is 0 Å². The lowest BCUT2D eigenvalue weighted by Gasteiger charge is -2.17. The minimum atomic E-state index is -1.11. The van der Waals surface area contributed by atoms with Crippen molar-refractivity contribution in [3.05, 3.63) is 60.0 Å². The van der Waals surface area contributed by atoms with E-state index in [1.807, 2.05) is 41.3 Å². The van der Waals surface area contributed by atoms with Crippen LogP contribution in [0.15, 0.2) is 48.8 Å². The van der Waals surface area contributed by atoms with Crippen LogP contribution < -0.4 is 14.5 Å². The average Bonchev–Trinajstić information content (AvgIpc) is 3.55. The summed E-state index contributed by atoms with van der Waals surface area (Å²) in [6.45, 7) is 9.33. The molecule has 2 aliphatic heterocycles. The van der Waals surface area contributed by atoms with Crippen LogP contribution in [0, 0.1) is 0 Å². The van der Waals surface area contributed by atoms with E-state index in [1.165, 1.54) is 0 Å². The SMILES string of the molecule is C[Si](C)(C)CCOCOc1ccc(N2Cc3nn(-c4ccc(N5CC[C@H](F)C5)nc4)cc3C2=O)cc1. The van der Waals surface area contributed by atoms with E-state index in [1.54, 1.807) is 22.0 Å². The van der Waals surface area contributed by atoms with Crippen molar-refractivity contribution in [3.8, 4) is 11.4 Å². The summed E-state index contributed by atoms with van der Waals surface area (Å²) >= 11 is 0. The maximum Gasteiger partial charge on any atom is 0.262 e. The Balaban J connectivity index is 1.17. The Morgan fingerprint density at radius 1 is 1.11 bits per heavy atom. The quantitative estimate of drug-likeness (QED) is 0.237. The number of hydrogen-bond donors (Lipinski definition) is 0. The normalized spacial score (nSPS) is 17.7. The molecule has 0 N–H and O–H groups in total. The molecule has 0 aliphatic carbocycles. The van der Waals surface area contributed by atoms with Gasteiger partial charge in [0.25, 0.3) is 5.91 Å². The largest absolute Gasteiger partial charge is 0.468 e. The summed E-state index contributed by atoms with van der Waals surface area (Å²) in [6, 6.07) is 12.3. The zero-order valence-electron chi connectivity index (χ0n) is 21.0. The van der Waals surface area contributed by atoms with Gasteiger partial charge in [-0.1, -0.05) is 19.6 Å². The Kier molecular flexibility index (Phi) is 6.81. The second kappa shape index (κ2) is 10.0. The third-order valence-corrected chi connectivity index (χ3v) is 8.18. The Labute approximate surface area is 211 Å². The molecule has 190 valence electrons. The lowest BCUT2D eigenvalue weighted by molar-refractivity contribution is 0.0220. The summed E-state index contributed by atoms with van der Waals surface area (Å²) in [7, 11) is -1.11. The van der Waals surface area contributed by atoms with Crippen molar-refractivity contribution in [1.29, 1.82) is 0 Å². The summed E-state index contributed by atoms with van der Waals surface area (Å²) in [6.07, 6.45) is 3.20. The Morgan fingerprint density at radius 3 is 2.53 bits per heavy atom. The number of carbonyl (C=O) groups excluding carboxylic acids is 1. The summed E-state index contributed by atoms with van der Waals surface area (Å²) < 4.78 is 26.4. The van der Waals surface area contributed by atoms with Gasteiger partial charge < -0.3 is 19.3 Å². The van der Waals surface area contributed by atoms with Crippen molar-refractivity contribution in [3.63, 3.8) is 0 Å². The van der Waals surface area contributed by atoms with E-state index in [4.69, 9.17) is 9.47 Å². The highest BCUT2D eigenvalue weighted by molar-refractivity contribution is 6.76. The molecule has 5 rings (SSSR count). The van der Waals surface area contributed by atoms with Crippen LogP contribution in [0.2, 0.25) is 25.7 Å². The van der Waals surface area contributed by atoms with Crippen LogP contribution in [0.4, 0.5) is 15.9 Å². The number of ether oxygens (including phenoxy) is 2. The molecule has 0 radical (unpaired) electrons. The van der Waals surface area contributed by atoms with Gasteiger partial charge in [-0.05, 0) is 48.9 Å². The van der Waals surface area contributed by atoms with Gasteiger partial charge in [-0.15, -0.1) is 0 Å². The van der Waals surface area contributed by atoms with Crippen LogP contribution >= 0.6 is 0 Å². The number of fused-ring (bicyclic) bond motifs is 1. The minimum Gasteiger partial charge on any atom is -0.468 e. The number of benzene rings is 1. The number of pyridine rings is 1. The molecule has 1 amide bonds. The Bertz CT molecular complexity index is 1210. The highest BCUT2D eigenvalue weighted by atomic mass is 28.3. The Hall–Kier alpha value is -3.24. The molecule has 2 aromatic heterocycles. The van der Waals surface area contributed by atoms with Gasteiger partial charge in [0.05, 0.1) is 36.2 Å². The maximum atomic E-state index is 13.5. The number of halogens is 1. The maximum absolute atomic E-state index is 13.5. The first-order valence-corrected chi connectivity index (χ1v) is 16.0. The zero-order chi connectivity index (χ0) is 25.3. The standard InChI is InChI=1S/C26H32FN5O3Si/c1-36(2,3)13-12-34-18-35-22-7-4-20(5-8-22)31-17-24-23(26(31)33)16-32(29-24)21-6-9-25(28-14-21)30-11-10-19(27)15-30/h4-9,14,16,19H,10-13,15,17-18H2,1-3H3/t19-/m0/s1. The van der Waals surface area contributed by atoms with Crippen molar-refractivity contribution >= 4 is 25.5 Å². The lowest BCUT2D eigenvalue weighted by atomic mass is 10.2. The predicted octanol–water partition coefficient (Wildman–Crippen LogP) is 4.67. The van der Waals surface area contributed by atoms with Crippen molar-refractivity contribution in [2.24, 2.45) is 0 Å². The number of rotatable bonds is 9. The van der Waals surface area contributed by atoms with E-state index < -0.39 is 14.2 Å². The number of aromatic nitrogens is 3. The summed E-state index contributed by atoms with van der Waals surface area (Å²) in [4.78, 5) is 21.2. The molecule has 0 unspecified atom stereocenters. The minimum absolute atomic E-state index is 0.0877. The van der Waals surface area contributed by atoms with Crippen molar-refractivity contribution in [2.75, 3.05) is 36.3 Å². The van der Waals surface area contributed by atoms with Gasteiger partial charge in [0.2, 0.25) is 0 Å². The fourth-order valence-corrected chi connectivity index (χ4v) is 5.07. The van der Waals surface area contributed by atoms with E-state index in [0.29, 0.717) is 44.0 Å². The molecule has 0 saturated carbocycles. The van der Waals surface area contributed by atoms with Gasteiger partial charge in [0.1, 0.15) is 17.7 Å². The molecule has 2 aliphatic rings. The number of carbonyl (C=O) groups is 1. The van der Waals surface area contributed by atoms with Crippen LogP contribution in [-0.2, 0) is 11.3 Å². The number of alkyl halides is 1. The summed E-state index contributed by atoms with van der Waals surface area (Å²) in [5.74, 6) is 1.37. The van der Waals surface area contributed by atoms with Gasteiger partial charge in [-0.25, -0.2) is 14.1 Å². The lowest BCUT2D eigenvalue weighted by Crippen LogP contribution is -2.23. The van der Waals surface area contributed by atoms with E-state index in [9.17, 15) is 9.18 Å². The second-order valence-electron chi connectivity index (χ2n) is 10.5. The van der Waals surface area contributed by atoms with E-state index in [2.05, 4.69) is 29.7 Å². The highest BCUT2D eigenvalue weighted by Gasteiger charge is 2.32. The van der Waals surface area contributed by atoms with E-state index in [0.717, 1.165) is 28.9 Å². The van der Waals surface area contributed by atoms with Crippen LogP contribution in [0.1, 0.15) is 22.5 Å². The molecule has 3 aromatic rings. The Morgan fingerprint density at radius 2 is 1.89 bits per heavy atom.